The molecule has 1 aliphatic rings. The standard InChI is InChI=1S/C17H18BrF3N4O6S/c1-7(26)29-6-11-13(30-8(2)27)12(24-25-22)14(28-3)16(31-11)32-9-4-10(18)15(23-5-9)17(19,20)21/h4-5,11-14,16H,6H2,1-3H3/t11-,12+,13+,14-,16-/m1/s1. The Kier molecular flexibility index (Phi) is 9.16. The summed E-state index contributed by atoms with van der Waals surface area (Å²) in [7, 11) is 1.31. The zero-order chi connectivity index (χ0) is 24.1. The summed E-state index contributed by atoms with van der Waals surface area (Å²) < 4.78 is 60.2. The van der Waals surface area contributed by atoms with Gasteiger partial charge in [-0.15, -0.1) is 0 Å². The van der Waals surface area contributed by atoms with E-state index in [0.29, 0.717) is 0 Å². The number of hydrogen-bond acceptors (Lipinski definition) is 9. The van der Waals surface area contributed by atoms with E-state index < -0.39 is 53.6 Å². The topological polar surface area (TPSA) is 133 Å². The van der Waals surface area contributed by atoms with E-state index in [9.17, 15) is 22.8 Å². The third kappa shape index (κ3) is 6.72. The van der Waals surface area contributed by atoms with Gasteiger partial charge in [0.25, 0.3) is 0 Å². The molecule has 2 rings (SSSR count). The summed E-state index contributed by atoms with van der Waals surface area (Å²) in [6.07, 6.45) is -6.77. The molecule has 0 unspecified atom stereocenters. The molecule has 1 fully saturated rings. The number of esters is 2. The summed E-state index contributed by atoms with van der Waals surface area (Å²) in [6.45, 7) is 1.99. The molecule has 32 heavy (non-hydrogen) atoms. The number of carbonyl (C=O) groups is 2. The average molecular weight is 543 g/mol. The molecule has 0 radical (unpaired) electrons. The van der Waals surface area contributed by atoms with Gasteiger partial charge >= 0.3 is 18.1 Å². The predicted molar refractivity (Wildman–Crippen MR) is 107 cm³/mol. The van der Waals surface area contributed by atoms with Gasteiger partial charge in [0, 0.05) is 41.4 Å². The van der Waals surface area contributed by atoms with Crippen LogP contribution in [0, 0.1) is 0 Å². The van der Waals surface area contributed by atoms with E-state index in [1.165, 1.54) is 20.1 Å². The van der Waals surface area contributed by atoms with Gasteiger partial charge in [0.15, 0.2) is 5.69 Å². The van der Waals surface area contributed by atoms with E-state index in [1.807, 2.05) is 0 Å². The molecule has 1 aromatic rings. The maximum atomic E-state index is 13.0. The average Bonchev–Trinajstić information content (AvgIpc) is 2.67. The minimum atomic E-state index is -4.64. The number of nitrogens with zero attached hydrogens (tertiary/aromatic N) is 4. The predicted octanol–water partition coefficient (Wildman–Crippen LogP) is 3.87. The number of carbonyl (C=O) groups excluding carboxylic acids is 2. The van der Waals surface area contributed by atoms with Gasteiger partial charge in [0.2, 0.25) is 0 Å². The Labute approximate surface area is 192 Å². The second kappa shape index (κ2) is 11.2. The monoisotopic (exact) mass is 542 g/mol. The molecule has 0 saturated carbocycles. The van der Waals surface area contributed by atoms with Crippen molar-refractivity contribution in [1.29, 1.82) is 0 Å². The number of azide groups is 1. The summed E-state index contributed by atoms with van der Waals surface area (Å²) in [5, 5.41) is 3.67. The van der Waals surface area contributed by atoms with E-state index in [0.717, 1.165) is 24.9 Å². The van der Waals surface area contributed by atoms with Crippen LogP contribution in [0.3, 0.4) is 0 Å². The molecule has 5 atom stereocenters. The normalized spacial score (nSPS) is 25.5. The fourth-order valence-electron chi connectivity index (χ4n) is 2.93. The van der Waals surface area contributed by atoms with Crippen molar-refractivity contribution in [3.05, 3.63) is 32.9 Å². The molecular weight excluding hydrogens is 525 g/mol. The second-order valence-electron chi connectivity index (χ2n) is 6.43. The number of hydrogen-bond donors (Lipinski definition) is 0. The van der Waals surface area contributed by atoms with Gasteiger partial charge in [-0.05, 0) is 27.5 Å². The first-order valence-electron chi connectivity index (χ1n) is 8.90. The van der Waals surface area contributed by atoms with E-state index in [1.54, 1.807) is 0 Å². The van der Waals surface area contributed by atoms with Crippen LogP contribution in [0.1, 0.15) is 19.5 Å². The van der Waals surface area contributed by atoms with Gasteiger partial charge in [-0.3, -0.25) is 9.59 Å². The maximum Gasteiger partial charge on any atom is 0.434 e. The van der Waals surface area contributed by atoms with E-state index >= 15 is 0 Å². The third-order valence-corrected chi connectivity index (χ3v) is 5.88. The number of alkyl halides is 3. The van der Waals surface area contributed by atoms with E-state index in [-0.39, 0.29) is 16.0 Å². The molecule has 0 aromatic carbocycles. The Balaban J connectivity index is 2.38. The van der Waals surface area contributed by atoms with Crippen LogP contribution < -0.4 is 0 Å². The van der Waals surface area contributed by atoms with Gasteiger partial charge in [-0.25, -0.2) is 4.98 Å². The third-order valence-electron chi connectivity index (χ3n) is 4.16. The second-order valence-corrected chi connectivity index (χ2v) is 8.46. The molecule has 0 spiro atoms. The molecule has 0 N–H and O–H groups in total. The number of halogens is 4. The Morgan fingerprint density at radius 3 is 2.53 bits per heavy atom. The first-order valence-corrected chi connectivity index (χ1v) is 10.6. The lowest BCUT2D eigenvalue weighted by Gasteiger charge is -2.43. The van der Waals surface area contributed by atoms with Crippen LogP contribution in [-0.2, 0) is 34.7 Å². The molecular formula is C17H18BrF3N4O6S. The summed E-state index contributed by atoms with van der Waals surface area (Å²) in [5.74, 6) is -1.31. The van der Waals surface area contributed by atoms with Gasteiger partial charge in [0.05, 0.1) is 0 Å². The number of methoxy groups -OCH3 is 1. The van der Waals surface area contributed by atoms with Crippen molar-refractivity contribution in [2.45, 2.75) is 54.7 Å². The lowest BCUT2D eigenvalue weighted by molar-refractivity contribution is -0.196. The SMILES string of the molecule is CO[C@@H]1[C@@H](N=[N+]=[N-])[C@@H](OC(C)=O)[C@@H](COC(C)=O)O[C@@H]1Sc1cnc(C(F)(F)F)c(Br)c1. The first kappa shape index (κ1) is 26.2. The van der Waals surface area contributed by atoms with Crippen molar-refractivity contribution < 1.29 is 41.7 Å². The van der Waals surface area contributed by atoms with Crippen LogP contribution in [0.25, 0.3) is 10.4 Å². The van der Waals surface area contributed by atoms with Crippen molar-refractivity contribution in [1.82, 2.24) is 4.98 Å². The number of ether oxygens (including phenoxy) is 4. The minimum absolute atomic E-state index is 0.277. The summed E-state index contributed by atoms with van der Waals surface area (Å²) in [4.78, 5) is 29.4. The molecule has 10 nitrogen and oxygen atoms in total. The molecule has 0 amide bonds. The van der Waals surface area contributed by atoms with Crippen molar-refractivity contribution in [2.75, 3.05) is 13.7 Å². The molecule has 0 aliphatic carbocycles. The van der Waals surface area contributed by atoms with Crippen LogP contribution in [0.5, 0.6) is 0 Å². The van der Waals surface area contributed by atoms with Crippen molar-refractivity contribution in [2.24, 2.45) is 5.11 Å². The summed E-state index contributed by atoms with van der Waals surface area (Å²) >= 11 is 3.80. The van der Waals surface area contributed by atoms with Crippen molar-refractivity contribution in [3.63, 3.8) is 0 Å². The van der Waals surface area contributed by atoms with Crippen LogP contribution >= 0.6 is 27.7 Å². The molecule has 0 bridgehead atoms. The Hall–Kier alpha value is -2.06. The van der Waals surface area contributed by atoms with E-state index in [2.05, 4.69) is 30.9 Å². The number of aromatic nitrogens is 1. The molecule has 176 valence electrons. The van der Waals surface area contributed by atoms with Gasteiger partial charge in [-0.2, -0.15) is 13.2 Å². The number of rotatable bonds is 7. The zero-order valence-electron chi connectivity index (χ0n) is 16.9. The van der Waals surface area contributed by atoms with Gasteiger partial charge in [-0.1, -0.05) is 16.9 Å². The van der Waals surface area contributed by atoms with Crippen LogP contribution in [0.4, 0.5) is 13.2 Å². The van der Waals surface area contributed by atoms with Crippen LogP contribution in [0.2, 0.25) is 0 Å². The van der Waals surface area contributed by atoms with Gasteiger partial charge < -0.3 is 18.9 Å². The lowest BCUT2D eigenvalue weighted by atomic mass is 9.97. The Bertz CT molecular complexity index is 902. The highest BCUT2D eigenvalue weighted by atomic mass is 79.9. The van der Waals surface area contributed by atoms with Gasteiger partial charge in [0.1, 0.15) is 36.4 Å². The maximum absolute atomic E-state index is 13.0. The first-order chi connectivity index (χ1) is 15.0. The number of thioether (sulfide) groups is 1. The number of pyridine rings is 1. The zero-order valence-corrected chi connectivity index (χ0v) is 19.3. The molecule has 2 heterocycles. The van der Waals surface area contributed by atoms with E-state index in [4.69, 9.17) is 24.5 Å². The molecule has 1 aromatic heterocycles. The Morgan fingerprint density at radius 2 is 2.03 bits per heavy atom. The van der Waals surface area contributed by atoms with Crippen molar-refractivity contribution >= 4 is 39.6 Å². The molecule has 15 heteroatoms. The lowest BCUT2D eigenvalue weighted by Crippen LogP contribution is -2.59. The summed E-state index contributed by atoms with van der Waals surface area (Å²) in [6, 6.07) is 0.129. The fraction of sp³-hybridized carbons (Fsp3) is 0.588. The Morgan fingerprint density at radius 1 is 1.34 bits per heavy atom. The molecule has 1 aliphatic heterocycles. The van der Waals surface area contributed by atoms with Crippen LogP contribution in [-0.4, -0.2) is 60.4 Å². The summed E-state index contributed by atoms with van der Waals surface area (Å²) in [5.41, 5.74) is 6.98. The highest BCUT2D eigenvalue weighted by Gasteiger charge is 2.48. The minimum Gasteiger partial charge on any atom is -0.463 e. The van der Waals surface area contributed by atoms with Crippen LogP contribution in [0.15, 0.2) is 26.7 Å². The molecule has 1 saturated heterocycles. The van der Waals surface area contributed by atoms with Crippen molar-refractivity contribution in [3.8, 4) is 0 Å². The highest BCUT2D eigenvalue weighted by Crippen LogP contribution is 2.40. The smallest absolute Gasteiger partial charge is 0.434 e. The largest absolute Gasteiger partial charge is 0.463 e. The highest BCUT2D eigenvalue weighted by molar-refractivity contribution is 9.10. The fourth-order valence-corrected chi connectivity index (χ4v) is 4.83. The quantitative estimate of drug-likeness (QED) is 0.219.